The summed E-state index contributed by atoms with van der Waals surface area (Å²) in [5.74, 6) is -0.568. The van der Waals surface area contributed by atoms with Crippen LogP contribution in [0.15, 0.2) is 28.7 Å². The molecule has 0 aliphatic carbocycles. The second-order valence-electron chi connectivity index (χ2n) is 5.26. The Morgan fingerprint density at radius 1 is 1.26 bits per heavy atom. The number of carbonyl (C=O) groups is 2. The largest absolute Gasteiger partial charge is 0.352 e. The highest BCUT2D eigenvalue weighted by molar-refractivity contribution is 9.10. The first-order chi connectivity index (χ1) is 11.1. The van der Waals surface area contributed by atoms with Crippen molar-refractivity contribution in [2.45, 2.75) is 6.42 Å². The molecule has 3 rings (SSSR count). The van der Waals surface area contributed by atoms with Crippen molar-refractivity contribution in [3.05, 3.63) is 44.7 Å². The minimum Gasteiger partial charge on any atom is -0.352 e. The molecule has 3 N–H and O–H groups in total. The lowest BCUT2D eigenvalue weighted by Gasteiger charge is -2.11. The van der Waals surface area contributed by atoms with Gasteiger partial charge in [0.15, 0.2) is 0 Å². The van der Waals surface area contributed by atoms with E-state index in [1.807, 2.05) is 18.2 Å². The van der Waals surface area contributed by atoms with Crippen molar-refractivity contribution in [1.29, 1.82) is 0 Å². The molecule has 2 aromatic carbocycles. The van der Waals surface area contributed by atoms with Gasteiger partial charge in [-0.25, -0.2) is 5.32 Å². The molecule has 1 radical (unpaired) electrons. The number of nitrogens with one attached hydrogen (secondary N) is 1. The van der Waals surface area contributed by atoms with Crippen molar-refractivity contribution in [2.24, 2.45) is 5.73 Å². The van der Waals surface area contributed by atoms with Gasteiger partial charge in [0.05, 0.1) is 0 Å². The first-order valence-electron chi connectivity index (χ1n) is 7.27. The highest BCUT2D eigenvalue weighted by Gasteiger charge is 2.15. The number of amides is 2. The minimum atomic E-state index is -0.358. The zero-order valence-corrected chi connectivity index (χ0v) is 13.9. The SMILES string of the molecule is NCCCNC(=O)c1cc2ccc(Br)cc2c2c1=CC(=O)[N]C=2. The number of rotatable bonds is 4. The van der Waals surface area contributed by atoms with Crippen LogP contribution in [0.4, 0.5) is 0 Å². The van der Waals surface area contributed by atoms with Crippen LogP contribution in [0, 0.1) is 0 Å². The van der Waals surface area contributed by atoms with Gasteiger partial charge in [-0.2, -0.15) is 0 Å². The lowest BCUT2D eigenvalue weighted by molar-refractivity contribution is -0.114. The molecule has 0 bridgehead atoms. The molecule has 1 aliphatic rings. The standard InChI is InChI=1S/C17H15BrN3O2/c18-11-3-2-10-6-14(17(23)20-5-1-4-19)13-8-16(22)21-9-15(13)12(10)7-11/h2-3,6-9H,1,4-5,19H2,(H,20,23). The van der Waals surface area contributed by atoms with E-state index in [4.69, 9.17) is 5.73 Å². The number of hydrogen-bond acceptors (Lipinski definition) is 3. The maximum Gasteiger partial charge on any atom is 0.270 e. The Morgan fingerprint density at radius 3 is 2.87 bits per heavy atom. The Balaban J connectivity index is 2.21. The lowest BCUT2D eigenvalue weighted by Crippen LogP contribution is -2.41. The van der Waals surface area contributed by atoms with Crippen LogP contribution in [0.25, 0.3) is 23.0 Å². The average molecular weight is 373 g/mol. The molecule has 0 spiro atoms. The number of nitrogens with zero attached hydrogens (tertiary/aromatic N) is 1. The monoisotopic (exact) mass is 372 g/mol. The van der Waals surface area contributed by atoms with E-state index < -0.39 is 0 Å². The Kier molecular flexibility index (Phi) is 4.45. The predicted octanol–water partition coefficient (Wildman–Crippen LogP) is 0.344. The minimum absolute atomic E-state index is 0.209. The van der Waals surface area contributed by atoms with Crippen molar-refractivity contribution in [2.75, 3.05) is 13.1 Å². The zero-order valence-electron chi connectivity index (χ0n) is 12.3. The molecule has 0 saturated carbocycles. The zero-order chi connectivity index (χ0) is 16.4. The van der Waals surface area contributed by atoms with Crippen LogP contribution in [-0.4, -0.2) is 24.9 Å². The van der Waals surface area contributed by atoms with Gasteiger partial charge in [-0.1, -0.05) is 22.0 Å². The van der Waals surface area contributed by atoms with Crippen molar-refractivity contribution in [1.82, 2.24) is 10.6 Å². The van der Waals surface area contributed by atoms with Gasteiger partial charge in [0.25, 0.3) is 11.8 Å². The molecule has 0 aromatic heterocycles. The molecule has 5 nitrogen and oxygen atoms in total. The summed E-state index contributed by atoms with van der Waals surface area (Å²) in [6.45, 7) is 1.02. The van der Waals surface area contributed by atoms with E-state index in [1.165, 1.54) is 12.3 Å². The first kappa shape index (κ1) is 15.7. The van der Waals surface area contributed by atoms with Crippen LogP contribution in [0.3, 0.4) is 0 Å². The van der Waals surface area contributed by atoms with Crippen molar-refractivity contribution >= 4 is 50.8 Å². The molecule has 2 amide bonds. The molecule has 0 saturated heterocycles. The second kappa shape index (κ2) is 6.52. The smallest absolute Gasteiger partial charge is 0.270 e. The van der Waals surface area contributed by atoms with E-state index in [0.717, 1.165) is 20.5 Å². The van der Waals surface area contributed by atoms with Gasteiger partial charge in [-0.05, 0) is 41.9 Å². The third kappa shape index (κ3) is 3.13. The van der Waals surface area contributed by atoms with Crippen molar-refractivity contribution < 1.29 is 9.59 Å². The molecule has 0 fully saturated rings. The fraction of sp³-hybridized carbons (Fsp3) is 0.176. The third-order valence-corrected chi connectivity index (χ3v) is 4.18. The fourth-order valence-corrected chi connectivity index (χ4v) is 2.94. The van der Waals surface area contributed by atoms with Crippen LogP contribution in [0.5, 0.6) is 0 Å². The Morgan fingerprint density at radius 2 is 2.09 bits per heavy atom. The molecule has 6 heteroatoms. The molecule has 1 heterocycles. The number of nitrogens with two attached hydrogens (primary N) is 1. The summed E-state index contributed by atoms with van der Waals surface area (Å²) in [6.07, 6.45) is 3.65. The summed E-state index contributed by atoms with van der Waals surface area (Å²) in [7, 11) is 0. The van der Waals surface area contributed by atoms with E-state index >= 15 is 0 Å². The van der Waals surface area contributed by atoms with Gasteiger partial charge in [-0.3, -0.25) is 9.59 Å². The molecule has 0 unspecified atom stereocenters. The topological polar surface area (TPSA) is 86.3 Å². The number of benzene rings is 2. The third-order valence-electron chi connectivity index (χ3n) is 3.69. The maximum absolute atomic E-state index is 12.5. The van der Waals surface area contributed by atoms with Gasteiger partial charge in [0, 0.05) is 39.3 Å². The highest BCUT2D eigenvalue weighted by Crippen LogP contribution is 2.17. The number of carbonyl (C=O) groups excluding carboxylic acids is 2. The summed E-state index contributed by atoms with van der Waals surface area (Å²) in [5.41, 5.74) is 5.93. The molecule has 2 aromatic rings. The molecule has 117 valence electrons. The summed E-state index contributed by atoms with van der Waals surface area (Å²) in [6, 6.07) is 7.61. The maximum atomic E-state index is 12.5. The van der Waals surface area contributed by atoms with E-state index in [-0.39, 0.29) is 11.8 Å². The Bertz CT molecular complexity index is 922. The number of fused-ring (bicyclic) bond motifs is 3. The molecule has 1 aliphatic heterocycles. The van der Waals surface area contributed by atoms with Crippen molar-refractivity contribution in [3.8, 4) is 0 Å². The van der Waals surface area contributed by atoms with Gasteiger partial charge in [-0.15, -0.1) is 0 Å². The van der Waals surface area contributed by atoms with Crippen molar-refractivity contribution in [3.63, 3.8) is 0 Å². The molecular formula is C17H15BrN3O2. The Hall–Kier alpha value is -2.18. The van der Waals surface area contributed by atoms with E-state index in [2.05, 4.69) is 26.6 Å². The van der Waals surface area contributed by atoms with Crippen LogP contribution >= 0.6 is 15.9 Å². The van der Waals surface area contributed by atoms with Crippen LogP contribution < -0.4 is 26.8 Å². The summed E-state index contributed by atoms with van der Waals surface area (Å²) >= 11 is 3.45. The summed E-state index contributed by atoms with van der Waals surface area (Å²) in [5, 5.41) is 9.94. The molecular weight excluding hydrogens is 358 g/mol. The van der Waals surface area contributed by atoms with Gasteiger partial charge in [0.2, 0.25) is 0 Å². The molecule has 23 heavy (non-hydrogen) atoms. The normalized spacial score (nSPS) is 12.9. The van der Waals surface area contributed by atoms with Crippen LogP contribution in [0.1, 0.15) is 16.8 Å². The van der Waals surface area contributed by atoms with Gasteiger partial charge >= 0.3 is 0 Å². The fourth-order valence-electron chi connectivity index (χ4n) is 2.58. The van der Waals surface area contributed by atoms with E-state index in [1.54, 1.807) is 6.07 Å². The van der Waals surface area contributed by atoms with E-state index in [0.29, 0.717) is 30.3 Å². The molecule has 0 atom stereocenters. The highest BCUT2D eigenvalue weighted by atomic mass is 79.9. The summed E-state index contributed by atoms with van der Waals surface area (Å²) < 4.78 is 0.928. The quantitative estimate of drug-likeness (QED) is 0.759. The number of hydrogen-bond donors (Lipinski definition) is 2. The lowest BCUT2D eigenvalue weighted by atomic mass is 9.99. The van der Waals surface area contributed by atoms with Gasteiger partial charge < -0.3 is 11.1 Å². The Labute approximate surface area is 141 Å². The first-order valence-corrected chi connectivity index (χ1v) is 8.07. The van der Waals surface area contributed by atoms with E-state index in [9.17, 15) is 9.59 Å². The van der Waals surface area contributed by atoms with Gasteiger partial charge in [0.1, 0.15) is 0 Å². The summed E-state index contributed by atoms with van der Waals surface area (Å²) in [4.78, 5) is 24.1. The average Bonchev–Trinajstić information content (AvgIpc) is 2.54. The predicted molar refractivity (Wildman–Crippen MR) is 93.0 cm³/mol. The van der Waals surface area contributed by atoms with Crippen LogP contribution in [-0.2, 0) is 4.79 Å². The number of halogens is 1. The van der Waals surface area contributed by atoms with Crippen LogP contribution in [0.2, 0.25) is 0 Å². The second-order valence-corrected chi connectivity index (χ2v) is 6.17.